The Hall–Kier alpha value is -1.87. The summed E-state index contributed by atoms with van der Waals surface area (Å²) in [6, 6.07) is -0.240. The number of nitrogens with zero attached hydrogens (tertiary/aromatic N) is 1. The van der Waals surface area contributed by atoms with Crippen molar-refractivity contribution in [1.82, 2.24) is 10.2 Å². The largest absolute Gasteiger partial charge is 0.373 e. The van der Waals surface area contributed by atoms with Gasteiger partial charge in [-0.2, -0.15) is 0 Å². The van der Waals surface area contributed by atoms with Gasteiger partial charge in [-0.25, -0.2) is 0 Å². The topological polar surface area (TPSA) is 66.5 Å². The van der Waals surface area contributed by atoms with E-state index in [1.165, 1.54) is 4.90 Å². The molecule has 0 aliphatic carbocycles. The maximum absolute atomic E-state index is 11.7. The number of hydrogen-bond donors (Lipinski definition) is 1. The number of aldehydes is 1. The van der Waals surface area contributed by atoms with E-state index in [1.807, 2.05) is 0 Å². The molecule has 1 N–H and O–H groups in total. The van der Waals surface area contributed by atoms with Gasteiger partial charge in [0.05, 0.1) is 11.7 Å². The normalized spacial score (nSPS) is 19.3. The summed E-state index contributed by atoms with van der Waals surface area (Å²) in [5.41, 5.74) is 3.63. The second kappa shape index (κ2) is 8.42. The highest BCUT2D eigenvalue weighted by Gasteiger charge is 2.34. The van der Waals surface area contributed by atoms with Crippen molar-refractivity contribution in [2.45, 2.75) is 52.0 Å². The van der Waals surface area contributed by atoms with E-state index < -0.39 is 0 Å². The van der Waals surface area contributed by atoms with Gasteiger partial charge in [-0.05, 0) is 26.2 Å². The average Bonchev–Trinajstić information content (AvgIpc) is 2.71. The molecule has 1 rings (SSSR count). The quantitative estimate of drug-likeness (QED) is 0.304. The average molecular weight is 292 g/mol. The van der Waals surface area contributed by atoms with Crippen LogP contribution in [0, 0.1) is 5.92 Å². The fourth-order valence-corrected chi connectivity index (χ4v) is 2.35. The number of hydrogen-bond acceptors (Lipinski definition) is 4. The molecule has 1 aliphatic heterocycles. The molecule has 0 aromatic carbocycles. The minimum atomic E-state index is -0.240. The van der Waals surface area contributed by atoms with Gasteiger partial charge >= 0.3 is 0 Å². The highest BCUT2D eigenvalue weighted by Crippen LogP contribution is 2.19. The van der Waals surface area contributed by atoms with Gasteiger partial charge in [0.15, 0.2) is 0 Å². The molecule has 0 spiro atoms. The third-order valence-electron chi connectivity index (χ3n) is 3.60. The minimum absolute atomic E-state index is 0.0480. The zero-order valence-corrected chi connectivity index (χ0v) is 12.9. The Labute approximate surface area is 126 Å². The van der Waals surface area contributed by atoms with Gasteiger partial charge in [0.25, 0.3) is 0 Å². The van der Waals surface area contributed by atoms with E-state index in [2.05, 4.69) is 17.6 Å². The molecule has 1 heterocycles. The summed E-state index contributed by atoms with van der Waals surface area (Å²) in [6.45, 7) is 7.67. The standard InChI is InChI=1S/C16H24N2O3/c1-4-14(17-13(3)11-19)8-6-5-7-9-18-15(20)10-12(2)16(18)21/h11-13,17H,1,5-10H2,2-3H3/t12?,13-/m0/s1. The number of rotatable bonds is 9. The van der Waals surface area contributed by atoms with Crippen LogP contribution < -0.4 is 5.32 Å². The smallest absolute Gasteiger partial charge is 0.232 e. The van der Waals surface area contributed by atoms with Crippen LogP contribution in [0.15, 0.2) is 18.0 Å². The Bertz CT molecular complexity index is 452. The molecule has 1 fully saturated rings. The van der Waals surface area contributed by atoms with Crippen molar-refractivity contribution in [3.63, 3.8) is 0 Å². The predicted molar refractivity (Wildman–Crippen MR) is 80.3 cm³/mol. The first kappa shape index (κ1) is 17.2. The second-order valence-electron chi connectivity index (χ2n) is 5.52. The summed E-state index contributed by atoms with van der Waals surface area (Å²) in [5, 5.41) is 3.02. The molecule has 2 atom stereocenters. The summed E-state index contributed by atoms with van der Waals surface area (Å²) < 4.78 is 0. The Morgan fingerprint density at radius 1 is 1.48 bits per heavy atom. The second-order valence-corrected chi connectivity index (χ2v) is 5.52. The molecule has 1 saturated heterocycles. The van der Waals surface area contributed by atoms with Gasteiger partial charge in [-0.3, -0.25) is 14.5 Å². The van der Waals surface area contributed by atoms with Crippen molar-refractivity contribution in [1.29, 1.82) is 0 Å². The molecule has 21 heavy (non-hydrogen) atoms. The van der Waals surface area contributed by atoms with Gasteiger partial charge in [0, 0.05) is 18.9 Å². The summed E-state index contributed by atoms with van der Waals surface area (Å²) in [7, 11) is 0. The molecular weight excluding hydrogens is 268 g/mol. The van der Waals surface area contributed by atoms with Gasteiger partial charge in [0.2, 0.25) is 11.8 Å². The van der Waals surface area contributed by atoms with Crippen molar-refractivity contribution in [2.75, 3.05) is 6.54 Å². The zero-order valence-electron chi connectivity index (χ0n) is 12.9. The Kier molecular flexibility index (Phi) is 6.89. The number of nitrogens with one attached hydrogen (secondary N) is 1. The molecule has 0 bridgehead atoms. The molecule has 0 aromatic heterocycles. The lowest BCUT2D eigenvalue weighted by molar-refractivity contribution is -0.139. The summed E-state index contributed by atoms with van der Waals surface area (Å²) in [4.78, 5) is 35.3. The van der Waals surface area contributed by atoms with Crippen LogP contribution in [0.4, 0.5) is 0 Å². The van der Waals surface area contributed by atoms with Gasteiger partial charge < -0.3 is 10.1 Å². The number of carbonyl (C=O) groups is 3. The van der Waals surface area contributed by atoms with Crippen LogP contribution in [0.25, 0.3) is 0 Å². The fourth-order valence-electron chi connectivity index (χ4n) is 2.35. The molecule has 5 nitrogen and oxygen atoms in total. The van der Waals surface area contributed by atoms with Crippen LogP contribution >= 0.6 is 0 Å². The van der Waals surface area contributed by atoms with Gasteiger partial charge in [-0.15, -0.1) is 5.73 Å². The first-order valence-corrected chi connectivity index (χ1v) is 7.44. The number of likely N-dealkylation sites (tertiary alicyclic amines) is 1. The molecule has 116 valence electrons. The van der Waals surface area contributed by atoms with E-state index in [1.54, 1.807) is 13.8 Å². The molecule has 0 saturated carbocycles. The van der Waals surface area contributed by atoms with E-state index in [4.69, 9.17) is 0 Å². The molecule has 0 aromatic rings. The van der Waals surface area contributed by atoms with Crippen molar-refractivity contribution in [3.05, 3.63) is 18.0 Å². The van der Waals surface area contributed by atoms with Crippen LogP contribution in [0.5, 0.6) is 0 Å². The predicted octanol–water partition coefficient (Wildman–Crippen LogP) is 1.79. The number of carbonyl (C=O) groups excluding carboxylic acids is 3. The van der Waals surface area contributed by atoms with Gasteiger partial charge in [-0.1, -0.05) is 19.9 Å². The van der Waals surface area contributed by atoms with E-state index in [0.29, 0.717) is 13.0 Å². The van der Waals surface area contributed by atoms with Crippen LogP contribution in [0.3, 0.4) is 0 Å². The van der Waals surface area contributed by atoms with E-state index in [0.717, 1.165) is 37.7 Å². The summed E-state index contributed by atoms with van der Waals surface area (Å²) in [6.07, 6.45) is 4.56. The monoisotopic (exact) mass is 292 g/mol. The van der Waals surface area contributed by atoms with Crippen LogP contribution in [-0.2, 0) is 14.4 Å². The number of allylic oxidation sites excluding steroid dienone is 1. The maximum atomic E-state index is 11.7. The molecule has 0 radical (unpaired) electrons. The lowest BCUT2D eigenvalue weighted by Gasteiger charge is -2.14. The molecule has 1 aliphatic rings. The SMILES string of the molecule is C=C=C(CCCCCN1C(=O)CC(C)C1=O)N[C@@H](C)C=O. The van der Waals surface area contributed by atoms with E-state index in [-0.39, 0.29) is 23.8 Å². The molecule has 2 amide bonds. The van der Waals surface area contributed by atoms with Crippen LogP contribution in [0.2, 0.25) is 0 Å². The maximum Gasteiger partial charge on any atom is 0.232 e. The molecule has 5 heteroatoms. The molecular formula is C16H24N2O3. The first-order valence-electron chi connectivity index (χ1n) is 7.44. The highest BCUT2D eigenvalue weighted by molar-refractivity contribution is 6.03. The Balaban J connectivity index is 2.23. The summed E-state index contributed by atoms with van der Waals surface area (Å²) >= 11 is 0. The first-order chi connectivity index (χ1) is 9.99. The van der Waals surface area contributed by atoms with Crippen molar-refractivity contribution in [3.8, 4) is 0 Å². The molecule has 1 unspecified atom stereocenters. The number of imide groups is 1. The fraction of sp³-hybridized carbons (Fsp3) is 0.625. The summed E-state index contributed by atoms with van der Waals surface area (Å²) in [5.74, 6) is -0.268. The third kappa shape index (κ3) is 5.20. The van der Waals surface area contributed by atoms with Crippen molar-refractivity contribution >= 4 is 18.1 Å². The van der Waals surface area contributed by atoms with Crippen LogP contribution in [0.1, 0.15) is 46.0 Å². The van der Waals surface area contributed by atoms with E-state index >= 15 is 0 Å². The van der Waals surface area contributed by atoms with Crippen molar-refractivity contribution < 1.29 is 14.4 Å². The third-order valence-corrected chi connectivity index (χ3v) is 3.60. The number of amides is 2. The van der Waals surface area contributed by atoms with Crippen LogP contribution in [-0.4, -0.2) is 35.6 Å². The van der Waals surface area contributed by atoms with E-state index in [9.17, 15) is 14.4 Å². The highest BCUT2D eigenvalue weighted by atomic mass is 16.2. The number of unbranched alkanes of at least 4 members (excludes halogenated alkanes) is 2. The van der Waals surface area contributed by atoms with Crippen molar-refractivity contribution in [2.24, 2.45) is 5.92 Å². The Morgan fingerprint density at radius 3 is 2.71 bits per heavy atom. The van der Waals surface area contributed by atoms with Gasteiger partial charge in [0.1, 0.15) is 6.29 Å². The Morgan fingerprint density at radius 2 is 2.19 bits per heavy atom. The lowest BCUT2D eigenvalue weighted by atomic mass is 10.1. The lowest BCUT2D eigenvalue weighted by Crippen LogP contribution is -2.31. The zero-order chi connectivity index (χ0) is 15.8. The minimum Gasteiger partial charge on any atom is -0.373 e.